The van der Waals surface area contributed by atoms with Crippen molar-refractivity contribution in [1.82, 2.24) is 15.1 Å². The molecule has 2 fully saturated rings. The number of ether oxygens (including phenoxy) is 1. The van der Waals surface area contributed by atoms with Crippen molar-refractivity contribution in [1.29, 1.82) is 0 Å². The molecule has 3 aromatic carbocycles. The van der Waals surface area contributed by atoms with Crippen molar-refractivity contribution < 1.29 is 28.6 Å². The number of halogens is 1. The number of piperazine rings is 1. The van der Waals surface area contributed by atoms with Crippen LogP contribution in [0.25, 0.3) is 11.0 Å². The minimum absolute atomic E-state index is 0.0592. The summed E-state index contributed by atoms with van der Waals surface area (Å²) < 4.78 is 10.9. The van der Waals surface area contributed by atoms with Gasteiger partial charge >= 0.3 is 0 Å². The Hall–Kier alpha value is -5.03. The zero-order valence-electron chi connectivity index (χ0n) is 26.6. The van der Waals surface area contributed by atoms with Crippen LogP contribution < -0.4 is 20.4 Å². The first-order valence-electron chi connectivity index (χ1n) is 16.0. The summed E-state index contributed by atoms with van der Waals surface area (Å²) >= 11 is 6.09. The number of hydrogen-bond acceptors (Lipinski definition) is 8. The van der Waals surface area contributed by atoms with E-state index >= 15 is 0 Å². The number of methoxy groups -OCH3 is 1. The van der Waals surface area contributed by atoms with Crippen LogP contribution in [0, 0.1) is 0 Å². The fraction of sp³-hybridized carbons (Fsp3) is 0.333. The highest BCUT2D eigenvalue weighted by Crippen LogP contribution is 2.30. The van der Waals surface area contributed by atoms with Gasteiger partial charge in [0, 0.05) is 75.0 Å². The van der Waals surface area contributed by atoms with E-state index in [4.69, 9.17) is 20.8 Å². The largest absolute Gasteiger partial charge is 0.504 e. The number of carbonyl (C=O) groups is 3. The fourth-order valence-electron chi connectivity index (χ4n) is 6.31. The van der Waals surface area contributed by atoms with E-state index < -0.39 is 17.4 Å². The van der Waals surface area contributed by atoms with Gasteiger partial charge in [0.25, 0.3) is 5.91 Å². The SMILES string of the molecule is COc1cc2oc(C(=O)N[C@H](Cc3ccc(Cl)cc3)C(=O)N3CCN(c4ccccc4CN4CCCCC4=O)CC3)cc(=O)c2cc1O. The van der Waals surface area contributed by atoms with Crippen LogP contribution in [0.4, 0.5) is 5.69 Å². The van der Waals surface area contributed by atoms with Crippen molar-refractivity contribution >= 4 is 46.0 Å². The van der Waals surface area contributed by atoms with E-state index in [0.717, 1.165) is 42.3 Å². The lowest BCUT2D eigenvalue weighted by Crippen LogP contribution is -2.55. The van der Waals surface area contributed by atoms with Crippen LogP contribution in [0.1, 0.15) is 40.9 Å². The maximum Gasteiger partial charge on any atom is 0.287 e. The number of amides is 3. The summed E-state index contributed by atoms with van der Waals surface area (Å²) in [5.41, 5.74) is 2.44. The topological polar surface area (TPSA) is 133 Å². The molecule has 0 spiro atoms. The van der Waals surface area contributed by atoms with Gasteiger partial charge in [0.05, 0.1) is 12.5 Å². The summed E-state index contributed by atoms with van der Waals surface area (Å²) in [6.07, 6.45) is 2.72. The number of para-hydroxylation sites is 1. The number of phenols is 1. The highest BCUT2D eigenvalue weighted by molar-refractivity contribution is 6.30. The number of phenolic OH excluding ortho intramolecular Hbond substituents is 1. The molecule has 0 aliphatic carbocycles. The summed E-state index contributed by atoms with van der Waals surface area (Å²) in [7, 11) is 1.36. The average Bonchev–Trinajstić information content (AvgIpc) is 3.10. The second kappa shape index (κ2) is 14.4. The molecule has 2 saturated heterocycles. The third-order valence-electron chi connectivity index (χ3n) is 8.92. The molecular weight excluding hydrogens is 636 g/mol. The second-order valence-corrected chi connectivity index (χ2v) is 12.5. The van der Waals surface area contributed by atoms with Gasteiger partial charge in [-0.25, -0.2) is 0 Å². The van der Waals surface area contributed by atoms with Gasteiger partial charge in [-0.3, -0.25) is 19.2 Å². The molecule has 6 rings (SSSR count). The van der Waals surface area contributed by atoms with Crippen LogP contribution >= 0.6 is 11.6 Å². The highest BCUT2D eigenvalue weighted by Gasteiger charge is 2.31. The molecule has 0 saturated carbocycles. The van der Waals surface area contributed by atoms with Gasteiger partial charge in [-0.1, -0.05) is 41.9 Å². The Balaban J connectivity index is 1.19. The van der Waals surface area contributed by atoms with Crippen LogP contribution in [0.15, 0.2) is 75.9 Å². The molecule has 48 heavy (non-hydrogen) atoms. The van der Waals surface area contributed by atoms with Crippen molar-refractivity contribution in [2.45, 2.75) is 38.3 Å². The van der Waals surface area contributed by atoms with E-state index in [-0.39, 0.29) is 46.5 Å². The first-order valence-corrected chi connectivity index (χ1v) is 16.4. The summed E-state index contributed by atoms with van der Waals surface area (Å²) in [4.78, 5) is 58.8. The van der Waals surface area contributed by atoms with Crippen LogP contribution in [0.2, 0.25) is 5.02 Å². The maximum absolute atomic E-state index is 14.0. The zero-order valence-corrected chi connectivity index (χ0v) is 27.4. The van der Waals surface area contributed by atoms with Crippen LogP contribution in [-0.2, 0) is 22.6 Å². The Kier molecular flexibility index (Phi) is 9.86. The monoisotopic (exact) mass is 672 g/mol. The lowest BCUT2D eigenvalue weighted by atomic mass is 10.0. The van der Waals surface area contributed by atoms with E-state index in [0.29, 0.717) is 44.2 Å². The Morgan fingerprint density at radius 2 is 1.73 bits per heavy atom. The Labute approximate surface area is 282 Å². The van der Waals surface area contributed by atoms with E-state index in [2.05, 4.69) is 22.3 Å². The summed E-state index contributed by atoms with van der Waals surface area (Å²) in [6.45, 7) is 3.33. The van der Waals surface area contributed by atoms with Gasteiger partial charge in [0.2, 0.25) is 11.8 Å². The zero-order chi connectivity index (χ0) is 33.8. The lowest BCUT2D eigenvalue weighted by molar-refractivity contribution is -0.134. The van der Waals surface area contributed by atoms with E-state index in [9.17, 15) is 24.3 Å². The number of benzene rings is 3. The number of likely N-dealkylation sites (tertiary alicyclic amines) is 1. The van der Waals surface area contributed by atoms with Crippen molar-refractivity contribution in [3.05, 3.63) is 98.9 Å². The number of rotatable bonds is 9. The minimum Gasteiger partial charge on any atom is -0.504 e. The van der Waals surface area contributed by atoms with E-state index in [1.165, 1.54) is 19.2 Å². The molecule has 1 aromatic heterocycles. The first-order chi connectivity index (χ1) is 23.2. The standard InChI is InChI=1S/C36H37ClN4O7/c1-47-32-21-31-26(19-30(32)43)29(42)20-33(48-31)35(45)38-27(18-23-9-11-25(37)12-10-23)36(46)40-16-14-39(15-17-40)28-7-3-2-6-24(28)22-41-13-5-4-8-34(41)44/h2-3,6-7,9-12,19-21,27,43H,4-5,8,13-18,22H2,1H3,(H,38,45)/t27-/m1/s1. The number of piperidine rings is 1. The number of hydrogen-bond donors (Lipinski definition) is 2. The van der Waals surface area contributed by atoms with Crippen molar-refractivity contribution in [3.63, 3.8) is 0 Å². The predicted octanol–water partition coefficient (Wildman–Crippen LogP) is 4.36. The fourth-order valence-corrected chi connectivity index (χ4v) is 6.43. The van der Waals surface area contributed by atoms with E-state index in [1.807, 2.05) is 17.0 Å². The first kappa shape index (κ1) is 32.9. The molecule has 0 bridgehead atoms. The molecule has 3 amide bonds. The molecule has 250 valence electrons. The number of nitrogens with zero attached hydrogens (tertiary/aromatic N) is 3. The van der Waals surface area contributed by atoms with Gasteiger partial charge < -0.3 is 34.3 Å². The van der Waals surface area contributed by atoms with Gasteiger partial charge in [0.1, 0.15) is 11.6 Å². The molecule has 12 heteroatoms. The molecule has 0 radical (unpaired) electrons. The summed E-state index contributed by atoms with van der Waals surface area (Å²) in [5, 5.41) is 13.5. The molecule has 3 heterocycles. The molecule has 1 atom stereocenters. The molecule has 11 nitrogen and oxygen atoms in total. The second-order valence-electron chi connectivity index (χ2n) is 12.1. The van der Waals surface area contributed by atoms with Crippen molar-refractivity contribution in [2.75, 3.05) is 44.7 Å². The van der Waals surface area contributed by atoms with Crippen molar-refractivity contribution in [3.8, 4) is 11.5 Å². The molecule has 0 unspecified atom stereocenters. The molecule has 4 aromatic rings. The van der Waals surface area contributed by atoms with Gasteiger partial charge in [-0.05, 0) is 48.2 Å². The number of carbonyl (C=O) groups excluding carboxylic acids is 3. The summed E-state index contributed by atoms with van der Waals surface area (Å²) in [5.74, 6) is -1.23. The third kappa shape index (κ3) is 7.26. The van der Waals surface area contributed by atoms with Gasteiger partial charge in [0.15, 0.2) is 22.7 Å². The Morgan fingerprint density at radius 1 is 0.979 bits per heavy atom. The molecular formula is C36H37ClN4O7. The molecule has 2 aliphatic heterocycles. The number of anilines is 1. The Bertz CT molecular complexity index is 1890. The Morgan fingerprint density at radius 3 is 2.46 bits per heavy atom. The summed E-state index contributed by atoms with van der Waals surface area (Å²) in [6, 6.07) is 17.7. The van der Waals surface area contributed by atoms with Gasteiger partial charge in [-0.15, -0.1) is 0 Å². The maximum atomic E-state index is 14.0. The smallest absolute Gasteiger partial charge is 0.287 e. The van der Waals surface area contributed by atoms with Crippen LogP contribution in [0.3, 0.4) is 0 Å². The predicted molar refractivity (Wildman–Crippen MR) is 182 cm³/mol. The third-order valence-corrected chi connectivity index (χ3v) is 9.17. The number of aromatic hydroxyl groups is 1. The van der Waals surface area contributed by atoms with E-state index in [1.54, 1.807) is 29.2 Å². The quantitative estimate of drug-likeness (QED) is 0.268. The van der Waals surface area contributed by atoms with Gasteiger partial charge in [-0.2, -0.15) is 0 Å². The normalized spacial score (nSPS) is 15.8. The molecule has 2 N–H and O–H groups in total. The number of nitrogens with one attached hydrogen (secondary N) is 1. The van der Waals surface area contributed by atoms with Crippen molar-refractivity contribution in [2.24, 2.45) is 0 Å². The molecule has 2 aliphatic rings. The average molecular weight is 673 g/mol. The van der Waals surface area contributed by atoms with Crippen LogP contribution in [-0.4, -0.2) is 78.5 Å². The minimum atomic E-state index is -0.960. The highest BCUT2D eigenvalue weighted by atomic mass is 35.5. The lowest BCUT2D eigenvalue weighted by Gasteiger charge is -2.39. The van der Waals surface area contributed by atoms with Crippen LogP contribution in [0.5, 0.6) is 11.5 Å². The number of fused-ring (bicyclic) bond motifs is 1.